The van der Waals surface area contributed by atoms with Crippen LogP contribution in [0.2, 0.25) is 0 Å². The Kier molecular flexibility index (Phi) is 24.9. The Hall–Kier alpha value is 0.905. The molecule has 0 aliphatic heterocycles. The van der Waals surface area contributed by atoms with Crippen LogP contribution in [0.15, 0.2) is 0 Å². The fraction of sp³-hybridized carbons (Fsp3) is 0.905. The molecule has 1 atom stereocenters. The summed E-state index contributed by atoms with van der Waals surface area (Å²) < 4.78 is 4.50. The molecule has 0 aromatic rings. The average molecular weight is 442 g/mol. The van der Waals surface area contributed by atoms with Gasteiger partial charge in [-0.25, -0.2) is 4.79 Å². The van der Waals surface area contributed by atoms with Gasteiger partial charge in [0, 0.05) is 64.6 Å². The second-order valence-electron chi connectivity index (χ2n) is 7.17. The summed E-state index contributed by atoms with van der Waals surface area (Å²) in [6.45, 7) is 3.55. The molecule has 0 amide bonds. The molecule has 26 heavy (non-hydrogen) atoms. The van der Waals surface area contributed by atoms with Gasteiger partial charge in [-0.1, -0.05) is 96.8 Å². The van der Waals surface area contributed by atoms with E-state index in [0.29, 0.717) is 0 Å². The van der Waals surface area contributed by atoms with Gasteiger partial charge in [0.1, 0.15) is 6.10 Å². The third-order valence-corrected chi connectivity index (χ3v) is 4.54. The van der Waals surface area contributed by atoms with Crippen molar-refractivity contribution in [2.45, 2.75) is 123 Å². The van der Waals surface area contributed by atoms with E-state index in [-0.39, 0.29) is 64.6 Å². The molecule has 0 aliphatic rings. The van der Waals surface area contributed by atoms with Gasteiger partial charge >= 0.3 is 11.9 Å². The maximum Gasteiger partial charge on any atom is 0.342 e. The van der Waals surface area contributed by atoms with Gasteiger partial charge in [-0.05, 0) is 13.3 Å². The number of carbonyl (C=O) groups is 2. The molecule has 0 fully saturated rings. The zero-order valence-electron chi connectivity index (χ0n) is 17.6. The van der Waals surface area contributed by atoms with E-state index >= 15 is 0 Å². The Labute approximate surface area is 210 Å². The van der Waals surface area contributed by atoms with Crippen molar-refractivity contribution in [2.24, 2.45) is 0 Å². The first-order valence-electron chi connectivity index (χ1n) is 10.5. The number of esters is 2. The first-order chi connectivity index (χ1) is 12.1. The van der Waals surface area contributed by atoms with Crippen molar-refractivity contribution in [1.82, 2.24) is 0 Å². The fourth-order valence-corrected chi connectivity index (χ4v) is 2.89. The van der Waals surface area contributed by atoms with Crippen molar-refractivity contribution in [3.63, 3.8) is 0 Å². The van der Waals surface area contributed by atoms with E-state index in [1.807, 2.05) is 0 Å². The molecule has 0 aromatic heterocycles. The Morgan fingerprint density at radius 2 is 1.08 bits per heavy atom. The van der Waals surface area contributed by atoms with Gasteiger partial charge in [0.25, 0.3) is 0 Å². The molecule has 0 rings (SSSR count). The smallest absolute Gasteiger partial charge is 0.342 e. The van der Waals surface area contributed by atoms with Crippen molar-refractivity contribution in [2.75, 3.05) is 0 Å². The number of aliphatic hydroxyl groups is 1. The zero-order valence-corrected chi connectivity index (χ0v) is 22.5. The second kappa shape index (κ2) is 22.2. The number of carbonyl (C=O) groups excluding carboxylic acids is 2. The Balaban J connectivity index is 0. The molecule has 0 aliphatic carbocycles. The molecule has 0 spiro atoms. The molecule has 1 N–H and O–H groups in total. The predicted octanol–water partition coefficient (Wildman–Crippen LogP) is 5.32. The zero-order chi connectivity index (χ0) is 18.8. The van der Waals surface area contributed by atoms with E-state index in [0.717, 1.165) is 19.3 Å². The van der Waals surface area contributed by atoms with Crippen LogP contribution in [0.1, 0.15) is 117 Å². The van der Waals surface area contributed by atoms with Gasteiger partial charge in [-0.15, -0.1) is 0 Å². The van der Waals surface area contributed by atoms with E-state index in [1.165, 1.54) is 84.0 Å². The predicted molar refractivity (Wildman–Crippen MR) is 108 cm³/mol. The number of unbranched alkanes of at least 4 members (excludes halogenated alkanes) is 14. The molecular formula is C21H40O4Rb. The Morgan fingerprint density at radius 3 is 1.42 bits per heavy atom. The van der Waals surface area contributed by atoms with Crippen LogP contribution < -0.4 is 0 Å². The van der Waals surface area contributed by atoms with E-state index in [9.17, 15) is 9.59 Å². The summed E-state index contributed by atoms with van der Waals surface area (Å²) >= 11 is 0. The molecule has 1 radical (unpaired) electrons. The summed E-state index contributed by atoms with van der Waals surface area (Å²) in [4.78, 5) is 22.4. The molecule has 1 unspecified atom stereocenters. The minimum absolute atomic E-state index is 0. The van der Waals surface area contributed by atoms with Gasteiger partial charge in [0.05, 0.1) is 0 Å². The van der Waals surface area contributed by atoms with Crippen LogP contribution in [0.5, 0.6) is 0 Å². The molecule has 149 valence electrons. The Bertz CT molecular complexity index is 332. The van der Waals surface area contributed by atoms with E-state index in [1.54, 1.807) is 0 Å². The summed E-state index contributed by atoms with van der Waals surface area (Å²) in [5, 5.41) is 8.95. The summed E-state index contributed by atoms with van der Waals surface area (Å²) in [6.07, 6.45) is 18.2. The fourth-order valence-electron chi connectivity index (χ4n) is 2.89. The van der Waals surface area contributed by atoms with E-state index < -0.39 is 18.0 Å². The topological polar surface area (TPSA) is 63.6 Å². The number of hydrogen-bond donors (Lipinski definition) is 1. The standard InChI is InChI=1S/C21H40O4.Rb/c1-3-4-5-6-7-8-9-10-11-12-13-14-15-16-17-18-20(23)25-21(24)19(2)22;/h19,22H,3-18H2,1-2H3;. The molecule has 0 bridgehead atoms. The summed E-state index contributed by atoms with van der Waals surface area (Å²) in [5.41, 5.74) is 0. The van der Waals surface area contributed by atoms with Crippen LogP contribution in [-0.4, -0.2) is 81.3 Å². The molecule has 0 aromatic carbocycles. The number of ether oxygens (including phenoxy) is 1. The molecule has 0 heterocycles. The van der Waals surface area contributed by atoms with Crippen molar-refractivity contribution in [3.8, 4) is 0 Å². The monoisotopic (exact) mass is 441 g/mol. The summed E-state index contributed by atoms with van der Waals surface area (Å²) in [7, 11) is 0. The first-order valence-corrected chi connectivity index (χ1v) is 10.5. The van der Waals surface area contributed by atoms with Crippen LogP contribution in [0, 0.1) is 0 Å². The van der Waals surface area contributed by atoms with Crippen LogP contribution in [0.4, 0.5) is 0 Å². The molecule has 4 nitrogen and oxygen atoms in total. The van der Waals surface area contributed by atoms with Crippen LogP contribution in [0.25, 0.3) is 0 Å². The van der Waals surface area contributed by atoms with Gasteiger partial charge in [-0.2, -0.15) is 0 Å². The van der Waals surface area contributed by atoms with Crippen molar-refractivity contribution in [3.05, 3.63) is 0 Å². The minimum Gasteiger partial charge on any atom is -0.391 e. The normalized spacial score (nSPS) is 11.7. The molecule has 0 saturated heterocycles. The maximum absolute atomic E-state index is 11.3. The summed E-state index contributed by atoms with van der Waals surface area (Å²) in [6, 6.07) is 0. The molecule has 0 saturated carbocycles. The number of hydrogen-bond acceptors (Lipinski definition) is 4. The third kappa shape index (κ3) is 21.2. The number of rotatable bonds is 17. The van der Waals surface area contributed by atoms with Crippen molar-refractivity contribution in [1.29, 1.82) is 0 Å². The minimum atomic E-state index is -1.23. The summed E-state index contributed by atoms with van der Waals surface area (Å²) in [5.74, 6) is -1.38. The molecule has 5 heteroatoms. The van der Waals surface area contributed by atoms with Gasteiger partial charge in [0.15, 0.2) is 0 Å². The van der Waals surface area contributed by atoms with Crippen molar-refractivity contribution >= 4 is 70.1 Å². The largest absolute Gasteiger partial charge is 0.391 e. The van der Waals surface area contributed by atoms with Crippen LogP contribution >= 0.6 is 0 Å². The third-order valence-electron chi connectivity index (χ3n) is 4.54. The van der Waals surface area contributed by atoms with Crippen LogP contribution in [-0.2, 0) is 14.3 Å². The van der Waals surface area contributed by atoms with Gasteiger partial charge in [0.2, 0.25) is 0 Å². The van der Waals surface area contributed by atoms with Gasteiger partial charge in [-0.3, -0.25) is 4.79 Å². The second-order valence-corrected chi connectivity index (χ2v) is 7.17. The quantitative estimate of drug-likeness (QED) is 0.188. The SMILES string of the molecule is CCCCCCCCCCCCCCCCCC(=O)OC(=O)C(C)O.[Rb]. The maximum atomic E-state index is 11.3. The van der Waals surface area contributed by atoms with E-state index in [2.05, 4.69) is 11.7 Å². The van der Waals surface area contributed by atoms with E-state index in [4.69, 9.17) is 5.11 Å². The van der Waals surface area contributed by atoms with Crippen molar-refractivity contribution < 1.29 is 19.4 Å². The molecular weight excluding hydrogens is 402 g/mol. The van der Waals surface area contributed by atoms with Gasteiger partial charge < -0.3 is 9.84 Å². The Morgan fingerprint density at radius 1 is 0.731 bits per heavy atom. The van der Waals surface area contributed by atoms with Crippen LogP contribution in [0.3, 0.4) is 0 Å². The first kappa shape index (κ1) is 29.1. The average Bonchev–Trinajstić information content (AvgIpc) is 2.58. The number of aliphatic hydroxyl groups excluding tert-OH is 1.